The van der Waals surface area contributed by atoms with Crippen LogP contribution in [0.3, 0.4) is 0 Å². The van der Waals surface area contributed by atoms with Crippen LogP contribution in [0.4, 0.5) is 13.2 Å². The van der Waals surface area contributed by atoms with Crippen molar-refractivity contribution in [3.8, 4) is 0 Å². The van der Waals surface area contributed by atoms with Gasteiger partial charge in [-0.1, -0.05) is 12.8 Å². The molecule has 9 nitrogen and oxygen atoms in total. The van der Waals surface area contributed by atoms with E-state index in [1.54, 1.807) is 17.8 Å². The molecule has 0 aromatic carbocycles. The number of alkyl halides is 3. The Labute approximate surface area is 171 Å². The van der Waals surface area contributed by atoms with Gasteiger partial charge in [0.05, 0.1) is 18.9 Å². The Morgan fingerprint density at radius 1 is 1.23 bits per heavy atom. The second-order valence-electron chi connectivity index (χ2n) is 7.24. The first-order valence-corrected chi connectivity index (χ1v) is 9.71. The van der Waals surface area contributed by atoms with Crippen LogP contribution in [0, 0.1) is 0 Å². The molecule has 1 aliphatic heterocycles. The number of carbonyl (C=O) groups is 2. The molecule has 2 heterocycles. The number of carboxylic acid groups (broad SMARTS) is 2. The van der Waals surface area contributed by atoms with E-state index < -0.39 is 18.1 Å². The molecule has 1 aromatic heterocycles. The summed E-state index contributed by atoms with van der Waals surface area (Å²) in [5.41, 5.74) is 1.02. The van der Waals surface area contributed by atoms with Crippen LogP contribution >= 0.6 is 0 Å². The number of carboxylic acids is 2. The Morgan fingerprint density at radius 3 is 2.37 bits per heavy atom. The lowest BCUT2D eigenvalue weighted by atomic mass is 9.89. The second-order valence-corrected chi connectivity index (χ2v) is 7.24. The number of hydrogen-bond donors (Lipinski definition) is 3. The highest BCUT2D eigenvalue weighted by atomic mass is 19.4. The Balaban J connectivity index is 0.000000396. The minimum Gasteiger partial charge on any atom is -0.476 e. The van der Waals surface area contributed by atoms with E-state index in [4.69, 9.17) is 19.7 Å². The molecule has 0 spiro atoms. The Morgan fingerprint density at radius 2 is 1.83 bits per heavy atom. The molecule has 2 fully saturated rings. The van der Waals surface area contributed by atoms with Crippen LogP contribution < -0.4 is 5.32 Å². The van der Waals surface area contributed by atoms with Crippen LogP contribution in [0.2, 0.25) is 0 Å². The first-order valence-electron chi connectivity index (χ1n) is 9.71. The van der Waals surface area contributed by atoms with E-state index in [1.165, 1.54) is 25.7 Å². The van der Waals surface area contributed by atoms with Crippen molar-refractivity contribution >= 4 is 11.9 Å². The second kappa shape index (κ2) is 10.7. The summed E-state index contributed by atoms with van der Waals surface area (Å²) in [6.07, 6.45) is -0.144. The fraction of sp³-hybridized carbons (Fsp3) is 0.722. The zero-order valence-corrected chi connectivity index (χ0v) is 16.7. The molecule has 1 saturated heterocycles. The topological polar surface area (TPSA) is 117 Å². The Bertz CT molecular complexity index is 719. The van der Waals surface area contributed by atoms with Crippen LogP contribution in [-0.2, 0) is 23.1 Å². The number of nitrogens with zero attached hydrogens (tertiary/aromatic N) is 3. The summed E-state index contributed by atoms with van der Waals surface area (Å²) in [6, 6.07) is 2.66. The van der Waals surface area contributed by atoms with Crippen molar-refractivity contribution in [2.75, 3.05) is 26.3 Å². The van der Waals surface area contributed by atoms with Crippen LogP contribution in [0.1, 0.15) is 41.9 Å². The average molecular weight is 436 g/mol. The maximum atomic E-state index is 11.0. The zero-order valence-electron chi connectivity index (χ0n) is 16.7. The highest BCUT2D eigenvalue weighted by Crippen LogP contribution is 2.24. The highest BCUT2D eigenvalue weighted by Gasteiger charge is 2.38. The molecule has 2 unspecified atom stereocenters. The van der Waals surface area contributed by atoms with Gasteiger partial charge in [0.25, 0.3) is 0 Å². The summed E-state index contributed by atoms with van der Waals surface area (Å²) in [4.78, 5) is 22.5. The molecule has 30 heavy (non-hydrogen) atoms. The van der Waals surface area contributed by atoms with Crippen molar-refractivity contribution in [3.05, 3.63) is 17.5 Å². The van der Waals surface area contributed by atoms with Crippen LogP contribution in [0.15, 0.2) is 6.07 Å². The van der Waals surface area contributed by atoms with Gasteiger partial charge in [0.15, 0.2) is 5.69 Å². The van der Waals surface area contributed by atoms with E-state index in [9.17, 15) is 18.0 Å². The molecular weight excluding hydrogens is 409 g/mol. The van der Waals surface area contributed by atoms with Crippen molar-refractivity contribution < 1.29 is 37.7 Å². The van der Waals surface area contributed by atoms with Gasteiger partial charge in [0.2, 0.25) is 0 Å². The van der Waals surface area contributed by atoms with Crippen molar-refractivity contribution in [1.82, 2.24) is 20.0 Å². The molecule has 2 aliphatic rings. The number of aromatic nitrogens is 2. The van der Waals surface area contributed by atoms with Gasteiger partial charge in [-0.3, -0.25) is 9.58 Å². The normalized spacial score (nSPS) is 22.8. The number of rotatable bonds is 5. The standard InChI is InChI=1S/C16H26N4O3.C2HF3O2/c1-19-12(10-14(18-19)16(21)22)11-17-13-4-2-3-5-15(13)20-6-8-23-9-7-20;3-2(4,5)1(6)7/h10,13,15,17H,2-9,11H2,1H3,(H,21,22);(H,6,7). The third-order valence-corrected chi connectivity index (χ3v) is 5.23. The van der Waals surface area contributed by atoms with Gasteiger partial charge in [-0.15, -0.1) is 0 Å². The molecule has 3 N–H and O–H groups in total. The Hall–Kier alpha value is -2.18. The van der Waals surface area contributed by atoms with E-state index in [0.29, 0.717) is 18.6 Å². The van der Waals surface area contributed by atoms with Crippen LogP contribution in [-0.4, -0.2) is 81.4 Å². The highest BCUT2D eigenvalue weighted by molar-refractivity contribution is 5.85. The van der Waals surface area contributed by atoms with Gasteiger partial charge in [0, 0.05) is 38.8 Å². The molecule has 0 radical (unpaired) electrons. The van der Waals surface area contributed by atoms with Crippen LogP contribution in [0.5, 0.6) is 0 Å². The fourth-order valence-corrected chi connectivity index (χ4v) is 3.71. The summed E-state index contributed by atoms with van der Waals surface area (Å²) in [7, 11) is 1.80. The van der Waals surface area contributed by atoms with Gasteiger partial charge in [-0.05, 0) is 18.9 Å². The van der Waals surface area contributed by atoms with Crippen LogP contribution in [0.25, 0.3) is 0 Å². The zero-order chi connectivity index (χ0) is 22.3. The number of morpholine rings is 1. The van der Waals surface area contributed by atoms with E-state index in [1.807, 2.05) is 0 Å². The number of hydrogen-bond acceptors (Lipinski definition) is 6. The number of aliphatic carboxylic acids is 1. The maximum absolute atomic E-state index is 11.0. The van der Waals surface area contributed by atoms with Crippen molar-refractivity contribution in [2.45, 2.75) is 50.5 Å². The minimum atomic E-state index is -5.08. The number of aromatic carboxylic acids is 1. The smallest absolute Gasteiger partial charge is 0.476 e. The maximum Gasteiger partial charge on any atom is 0.490 e. The van der Waals surface area contributed by atoms with E-state index >= 15 is 0 Å². The summed E-state index contributed by atoms with van der Waals surface area (Å²) in [5, 5.41) is 23.8. The van der Waals surface area contributed by atoms with Crippen molar-refractivity contribution in [2.24, 2.45) is 7.05 Å². The molecule has 170 valence electrons. The molecule has 0 bridgehead atoms. The molecule has 1 aliphatic carbocycles. The average Bonchev–Trinajstić information content (AvgIpc) is 3.08. The first kappa shape index (κ1) is 24.1. The summed E-state index contributed by atoms with van der Waals surface area (Å²) < 4.78 is 38.9. The summed E-state index contributed by atoms with van der Waals surface area (Å²) >= 11 is 0. The lowest BCUT2D eigenvalue weighted by Gasteiger charge is -2.42. The molecule has 2 atom stereocenters. The first-order chi connectivity index (χ1) is 14.1. The van der Waals surface area contributed by atoms with Gasteiger partial charge >= 0.3 is 18.1 Å². The fourth-order valence-electron chi connectivity index (χ4n) is 3.71. The van der Waals surface area contributed by atoms with E-state index in [-0.39, 0.29) is 5.69 Å². The van der Waals surface area contributed by atoms with Crippen molar-refractivity contribution in [1.29, 1.82) is 0 Å². The molecule has 12 heteroatoms. The lowest BCUT2D eigenvalue weighted by molar-refractivity contribution is -0.192. The summed E-state index contributed by atoms with van der Waals surface area (Å²) in [5.74, 6) is -3.73. The predicted octanol–water partition coefficient (Wildman–Crippen LogP) is 1.48. The molecule has 1 saturated carbocycles. The molecule has 1 aromatic rings. The van der Waals surface area contributed by atoms with Gasteiger partial charge in [-0.2, -0.15) is 18.3 Å². The number of halogens is 3. The number of ether oxygens (including phenoxy) is 1. The quantitative estimate of drug-likeness (QED) is 0.636. The number of nitrogens with one attached hydrogen (secondary N) is 1. The molecule has 0 amide bonds. The third kappa shape index (κ3) is 6.96. The number of aryl methyl sites for hydroxylation is 1. The van der Waals surface area contributed by atoms with Gasteiger partial charge in [-0.25, -0.2) is 9.59 Å². The third-order valence-electron chi connectivity index (χ3n) is 5.23. The van der Waals surface area contributed by atoms with Gasteiger partial charge in [0.1, 0.15) is 0 Å². The minimum absolute atomic E-state index is 0.109. The van der Waals surface area contributed by atoms with Gasteiger partial charge < -0.3 is 20.3 Å². The molecule has 3 rings (SSSR count). The monoisotopic (exact) mass is 436 g/mol. The summed E-state index contributed by atoms with van der Waals surface area (Å²) in [6.45, 7) is 4.33. The van der Waals surface area contributed by atoms with Crippen molar-refractivity contribution in [3.63, 3.8) is 0 Å². The lowest BCUT2D eigenvalue weighted by Crippen LogP contribution is -2.54. The Kier molecular flexibility index (Phi) is 8.62. The SMILES string of the molecule is Cn1nc(C(=O)O)cc1CNC1CCCCC1N1CCOCC1.O=C(O)C(F)(F)F. The van der Waals surface area contributed by atoms with E-state index in [0.717, 1.165) is 32.0 Å². The predicted molar refractivity (Wildman–Crippen MR) is 99.1 cm³/mol. The largest absolute Gasteiger partial charge is 0.490 e. The van der Waals surface area contributed by atoms with E-state index in [2.05, 4.69) is 15.3 Å². The molecular formula is C18H27F3N4O5.